The van der Waals surface area contributed by atoms with E-state index in [9.17, 15) is 0 Å². The van der Waals surface area contributed by atoms with Crippen LogP contribution in [0, 0.1) is 0 Å². The van der Waals surface area contributed by atoms with E-state index in [0.717, 1.165) is 26.2 Å². The molecule has 1 radical (unpaired) electrons. The van der Waals surface area contributed by atoms with Crippen molar-refractivity contribution in [3.8, 4) is 0 Å². The van der Waals surface area contributed by atoms with E-state index < -0.39 is 0 Å². The molecule has 3 heteroatoms. The van der Waals surface area contributed by atoms with Crippen molar-refractivity contribution >= 4 is 0 Å². The van der Waals surface area contributed by atoms with Crippen LogP contribution in [0.5, 0.6) is 0 Å². The Morgan fingerprint density at radius 1 is 1.44 bits per heavy atom. The molecule has 0 atom stereocenters. The van der Waals surface area contributed by atoms with Crippen LogP contribution in [-0.2, 0) is 37.4 Å². The van der Waals surface area contributed by atoms with Crippen LogP contribution in [-0.4, -0.2) is 31.7 Å². The number of ether oxygens (including phenoxy) is 1. The minimum Gasteiger partial charge on any atom is -0.380 e. The molecule has 16 heavy (non-hydrogen) atoms. The van der Waals surface area contributed by atoms with Gasteiger partial charge in [-0.3, -0.25) is 0 Å². The van der Waals surface area contributed by atoms with Gasteiger partial charge in [-0.25, -0.2) is 0 Å². The first-order valence-corrected chi connectivity index (χ1v) is 5.57. The van der Waals surface area contributed by atoms with Gasteiger partial charge in [-0.2, -0.15) is 0 Å². The van der Waals surface area contributed by atoms with Crippen molar-refractivity contribution in [2.24, 2.45) is 0 Å². The molecule has 1 rings (SSSR count). The Morgan fingerprint density at radius 3 is 2.88 bits per heavy atom. The zero-order chi connectivity index (χ0) is 11.1. The summed E-state index contributed by atoms with van der Waals surface area (Å²) >= 11 is 0. The van der Waals surface area contributed by atoms with Gasteiger partial charge in [0.25, 0.3) is 0 Å². The zero-order valence-electron chi connectivity index (χ0n) is 10.6. The third-order valence-corrected chi connectivity index (χ3v) is 2.50. The van der Waals surface area contributed by atoms with E-state index in [0.29, 0.717) is 0 Å². The van der Waals surface area contributed by atoms with E-state index in [-0.39, 0.29) is 32.7 Å². The molecule has 0 fully saturated rings. The summed E-state index contributed by atoms with van der Waals surface area (Å²) in [6, 6.07) is 0. The summed E-state index contributed by atoms with van der Waals surface area (Å²) < 4.78 is 5.34. The van der Waals surface area contributed by atoms with Gasteiger partial charge in [0, 0.05) is 58.6 Å². The van der Waals surface area contributed by atoms with E-state index in [4.69, 9.17) is 4.74 Å². The Balaban J connectivity index is 0.00000225. The first kappa shape index (κ1) is 16.1. The Labute approximate surface area is 124 Å². The fourth-order valence-corrected chi connectivity index (χ4v) is 1.47. The molecule has 0 amide bonds. The minimum atomic E-state index is 0. The number of hydrogen-bond acceptors (Lipinski definition) is 2. The summed E-state index contributed by atoms with van der Waals surface area (Å²) in [6.45, 7) is 6.72. The molecule has 0 saturated heterocycles. The van der Waals surface area contributed by atoms with Crippen molar-refractivity contribution < 1.29 is 37.4 Å². The average Bonchev–Trinajstić information content (AvgIpc) is 2.43. The van der Waals surface area contributed by atoms with E-state index in [1.807, 2.05) is 6.92 Å². The fourth-order valence-electron chi connectivity index (χ4n) is 1.47. The Kier molecular flexibility index (Phi) is 9.20. The smallest absolute Gasteiger partial charge is 0.0641 e. The molecule has 0 aromatic heterocycles. The van der Waals surface area contributed by atoms with Crippen molar-refractivity contribution in [2.75, 3.05) is 26.8 Å². The second-order valence-electron chi connectivity index (χ2n) is 3.82. The molecule has 1 aliphatic rings. The largest absolute Gasteiger partial charge is 0.380 e. The number of likely N-dealkylation sites (N-methyl/N-ethyl adjacent to an activating group) is 1. The summed E-state index contributed by atoms with van der Waals surface area (Å²) in [6.07, 6.45) is 9.75. The van der Waals surface area contributed by atoms with Crippen LogP contribution in [0.3, 0.4) is 0 Å². The molecule has 0 spiro atoms. The minimum absolute atomic E-state index is 0. The van der Waals surface area contributed by atoms with Crippen molar-refractivity contribution in [3.63, 3.8) is 0 Å². The third-order valence-electron chi connectivity index (χ3n) is 2.50. The van der Waals surface area contributed by atoms with E-state index in [2.05, 4.69) is 43.2 Å². The van der Waals surface area contributed by atoms with Crippen LogP contribution in [0.4, 0.5) is 0 Å². The first-order chi connectivity index (χ1) is 7.24. The molecule has 0 aliphatic heterocycles. The van der Waals surface area contributed by atoms with Crippen LogP contribution in [0.25, 0.3) is 0 Å². The standard InChI is InChI=1S/C13H21NO.Y/c1-4-15-11-10-14(3)13-7-5-6-12(2)8-9-13;/h5-7,9H,4,8,10-11H2,1-3H3;. The number of hydrogen-bond donors (Lipinski definition) is 0. The molecule has 0 bridgehead atoms. The first-order valence-electron chi connectivity index (χ1n) is 5.57. The second-order valence-corrected chi connectivity index (χ2v) is 3.82. The SMILES string of the molecule is CCOCCN(C)C1=CCC(C)=CC=C1.[Y]. The van der Waals surface area contributed by atoms with Gasteiger partial charge in [0.2, 0.25) is 0 Å². The predicted molar refractivity (Wildman–Crippen MR) is 64.7 cm³/mol. The Bertz CT molecular complexity index is 282. The summed E-state index contributed by atoms with van der Waals surface area (Å²) in [4.78, 5) is 2.23. The maximum Gasteiger partial charge on any atom is 0.0641 e. The third kappa shape index (κ3) is 5.98. The Hall–Kier alpha value is 0.0839. The maximum atomic E-state index is 5.34. The summed E-state index contributed by atoms with van der Waals surface area (Å²) in [5.74, 6) is 0. The molecule has 0 unspecified atom stereocenters. The number of rotatable bonds is 5. The van der Waals surface area contributed by atoms with Crippen LogP contribution in [0.2, 0.25) is 0 Å². The quantitative estimate of drug-likeness (QED) is 0.723. The second kappa shape index (κ2) is 9.15. The molecule has 0 N–H and O–H groups in total. The molecule has 0 heterocycles. The average molecular weight is 296 g/mol. The summed E-state index contributed by atoms with van der Waals surface area (Å²) in [5, 5.41) is 0. The van der Waals surface area contributed by atoms with Crippen molar-refractivity contribution in [2.45, 2.75) is 20.3 Å². The summed E-state index contributed by atoms with van der Waals surface area (Å²) in [7, 11) is 2.11. The Morgan fingerprint density at radius 2 is 2.19 bits per heavy atom. The zero-order valence-corrected chi connectivity index (χ0v) is 13.4. The van der Waals surface area contributed by atoms with E-state index >= 15 is 0 Å². The van der Waals surface area contributed by atoms with E-state index in [1.54, 1.807) is 0 Å². The van der Waals surface area contributed by atoms with Crippen LogP contribution < -0.4 is 0 Å². The van der Waals surface area contributed by atoms with Crippen molar-refractivity contribution in [3.05, 3.63) is 35.6 Å². The van der Waals surface area contributed by atoms with Gasteiger partial charge in [0.1, 0.15) is 0 Å². The van der Waals surface area contributed by atoms with Crippen molar-refractivity contribution in [1.29, 1.82) is 0 Å². The molecule has 0 aromatic carbocycles. The molecular weight excluding hydrogens is 275 g/mol. The normalized spacial score (nSPS) is 14.7. The van der Waals surface area contributed by atoms with E-state index in [1.165, 1.54) is 11.3 Å². The topological polar surface area (TPSA) is 12.5 Å². The maximum absolute atomic E-state index is 5.34. The van der Waals surface area contributed by atoms with Gasteiger partial charge in [0.05, 0.1) is 6.61 Å². The van der Waals surface area contributed by atoms with Gasteiger partial charge in [-0.15, -0.1) is 0 Å². The monoisotopic (exact) mass is 296 g/mol. The fraction of sp³-hybridized carbons (Fsp3) is 0.538. The van der Waals surface area contributed by atoms with Gasteiger partial charge >= 0.3 is 0 Å². The molecule has 0 aromatic rings. The van der Waals surface area contributed by atoms with Gasteiger partial charge in [-0.05, 0) is 26.3 Å². The predicted octanol–water partition coefficient (Wildman–Crippen LogP) is 2.74. The molecule has 87 valence electrons. The van der Waals surface area contributed by atoms with Crippen LogP contribution in [0.15, 0.2) is 35.6 Å². The number of nitrogens with zero attached hydrogens (tertiary/aromatic N) is 1. The summed E-state index contributed by atoms with van der Waals surface area (Å²) in [5.41, 5.74) is 2.68. The molecule has 2 nitrogen and oxygen atoms in total. The van der Waals surface area contributed by atoms with Crippen LogP contribution >= 0.6 is 0 Å². The van der Waals surface area contributed by atoms with Gasteiger partial charge in [0.15, 0.2) is 0 Å². The molecule has 1 aliphatic carbocycles. The van der Waals surface area contributed by atoms with Gasteiger partial charge in [-0.1, -0.05) is 23.8 Å². The van der Waals surface area contributed by atoms with Crippen molar-refractivity contribution in [1.82, 2.24) is 4.90 Å². The van der Waals surface area contributed by atoms with Gasteiger partial charge < -0.3 is 9.64 Å². The molecule has 0 saturated carbocycles. The van der Waals surface area contributed by atoms with Crippen LogP contribution in [0.1, 0.15) is 20.3 Å². The number of allylic oxidation sites excluding steroid dienone is 5. The molecular formula is C13H21NOY.